The molecule has 0 aromatic heterocycles. The fraction of sp³-hybridized carbons (Fsp3) is 0.391. The monoisotopic (exact) mass is 432 g/mol. The molecule has 0 saturated carbocycles. The molecule has 0 heterocycles. The molecule has 2 amide bonds. The molecule has 2 rings (SSSR count). The number of hydrogen-bond acceptors (Lipinski definition) is 3. The van der Waals surface area contributed by atoms with Gasteiger partial charge in [-0.3, -0.25) is 9.59 Å². The summed E-state index contributed by atoms with van der Waals surface area (Å²) in [4.78, 5) is 27.3. The van der Waals surface area contributed by atoms with Gasteiger partial charge in [0.2, 0.25) is 11.8 Å². The predicted molar refractivity (Wildman–Crippen MR) is 122 cm³/mol. The van der Waals surface area contributed by atoms with E-state index in [0.29, 0.717) is 17.3 Å². The standard InChI is InChI=1S/C23H29ClN2O2S/c1-16(2)25-23(28)18(4)26(13-19-9-7-8-17(3)12-19)22(27)15-29-14-20-10-5-6-11-21(20)24/h5-12,16,18H,13-15H2,1-4H3,(H,25,28)/t18-/m1/s1. The summed E-state index contributed by atoms with van der Waals surface area (Å²) in [6.45, 7) is 8.03. The van der Waals surface area contributed by atoms with Crippen molar-refractivity contribution < 1.29 is 9.59 Å². The molecule has 156 valence electrons. The number of benzene rings is 2. The van der Waals surface area contributed by atoms with E-state index in [1.54, 1.807) is 11.8 Å². The number of nitrogens with zero attached hydrogens (tertiary/aromatic N) is 1. The van der Waals surface area contributed by atoms with Crippen LogP contribution in [0.3, 0.4) is 0 Å². The van der Waals surface area contributed by atoms with Gasteiger partial charge in [0.15, 0.2) is 0 Å². The largest absolute Gasteiger partial charge is 0.352 e. The number of carbonyl (C=O) groups is 2. The molecule has 0 aliphatic rings. The van der Waals surface area contributed by atoms with Gasteiger partial charge in [0.1, 0.15) is 6.04 Å². The molecule has 0 saturated heterocycles. The molecule has 1 N–H and O–H groups in total. The van der Waals surface area contributed by atoms with Crippen LogP contribution in [0.2, 0.25) is 5.02 Å². The van der Waals surface area contributed by atoms with Crippen molar-refractivity contribution >= 4 is 35.2 Å². The summed E-state index contributed by atoms with van der Waals surface area (Å²) in [5.74, 6) is 0.735. The van der Waals surface area contributed by atoms with Crippen LogP contribution in [-0.2, 0) is 21.9 Å². The third-order valence-electron chi connectivity index (χ3n) is 4.47. The van der Waals surface area contributed by atoms with Crippen LogP contribution < -0.4 is 5.32 Å². The smallest absolute Gasteiger partial charge is 0.242 e. The highest BCUT2D eigenvalue weighted by molar-refractivity contribution is 7.99. The minimum atomic E-state index is -0.550. The topological polar surface area (TPSA) is 49.4 Å². The van der Waals surface area contributed by atoms with E-state index < -0.39 is 6.04 Å². The Morgan fingerprint density at radius 2 is 1.83 bits per heavy atom. The van der Waals surface area contributed by atoms with E-state index in [1.807, 2.05) is 69.3 Å². The summed E-state index contributed by atoms with van der Waals surface area (Å²) in [7, 11) is 0. The lowest BCUT2D eigenvalue weighted by molar-refractivity contribution is -0.138. The highest BCUT2D eigenvalue weighted by Gasteiger charge is 2.26. The van der Waals surface area contributed by atoms with Crippen LogP contribution in [0.4, 0.5) is 0 Å². The highest BCUT2D eigenvalue weighted by atomic mass is 35.5. The number of nitrogens with one attached hydrogen (secondary N) is 1. The fourth-order valence-corrected chi connectivity index (χ4v) is 4.14. The molecule has 0 spiro atoms. The number of carbonyl (C=O) groups excluding carboxylic acids is 2. The molecule has 0 fully saturated rings. The molecule has 2 aromatic rings. The van der Waals surface area contributed by atoms with Gasteiger partial charge in [0, 0.05) is 23.4 Å². The zero-order chi connectivity index (χ0) is 21.4. The lowest BCUT2D eigenvalue weighted by Gasteiger charge is -2.29. The molecule has 0 aliphatic carbocycles. The van der Waals surface area contributed by atoms with E-state index in [-0.39, 0.29) is 23.6 Å². The number of rotatable bonds is 9. The van der Waals surface area contributed by atoms with Gasteiger partial charge >= 0.3 is 0 Å². The number of hydrogen-bond donors (Lipinski definition) is 1. The Morgan fingerprint density at radius 3 is 2.48 bits per heavy atom. The summed E-state index contributed by atoms with van der Waals surface area (Å²) >= 11 is 7.71. The molecule has 2 aromatic carbocycles. The number of amides is 2. The molecular formula is C23H29ClN2O2S. The molecule has 0 aliphatic heterocycles. The maximum Gasteiger partial charge on any atom is 0.242 e. The van der Waals surface area contributed by atoms with Gasteiger partial charge in [0.25, 0.3) is 0 Å². The van der Waals surface area contributed by atoms with Gasteiger partial charge in [-0.05, 0) is 44.9 Å². The second kappa shape index (κ2) is 11.3. The van der Waals surface area contributed by atoms with Crippen LogP contribution in [-0.4, -0.2) is 34.6 Å². The molecule has 1 atom stereocenters. The third-order valence-corrected chi connectivity index (χ3v) is 5.81. The average molecular weight is 433 g/mol. The molecule has 6 heteroatoms. The molecule has 0 unspecified atom stereocenters. The lowest BCUT2D eigenvalue weighted by Crippen LogP contribution is -2.49. The van der Waals surface area contributed by atoms with Crippen molar-refractivity contribution in [3.05, 3.63) is 70.2 Å². The Hall–Kier alpha value is -1.98. The van der Waals surface area contributed by atoms with E-state index in [4.69, 9.17) is 11.6 Å². The van der Waals surface area contributed by atoms with Gasteiger partial charge in [-0.1, -0.05) is 59.6 Å². The Kier molecular flexibility index (Phi) is 9.05. The Morgan fingerprint density at radius 1 is 1.10 bits per heavy atom. The maximum atomic E-state index is 13.0. The van der Waals surface area contributed by atoms with E-state index in [1.165, 1.54) is 11.8 Å². The Bertz CT molecular complexity index is 841. The van der Waals surface area contributed by atoms with Crippen LogP contribution in [0.25, 0.3) is 0 Å². The maximum absolute atomic E-state index is 13.0. The summed E-state index contributed by atoms with van der Waals surface area (Å²) < 4.78 is 0. The average Bonchev–Trinajstić information content (AvgIpc) is 2.66. The van der Waals surface area contributed by atoms with Crippen molar-refractivity contribution in [1.29, 1.82) is 0 Å². The first-order valence-corrected chi connectivity index (χ1v) is 11.3. The van der Waals surface area contributed by atoms with Gasteiger partial charge in [-0.15, -0.1) is 11.8 Å². The van der Waals surface area contributed by atoms with E-state index in [9.17, 15) is 9.59 Å². The quantitative estimate of drug-likeness (QED) is 0.617. The van der Waals surface area contributed by atoms with Gasteiger partial charge in [0.05, 0.1) is 5.75 Å². The van der Waals surface area contributed by atoms with Crippen molar-refractivity contribution in [3.63, 3.8) is 0 Å². The zero-order valence-electron chi connectivity index (χ0n) is 17.4. The second-order valence-corrected chi connectivity index (χ2v) is 8.83. The van der Waals surface area contributed by atoms with Gasteiger partial charge in [-0.2, -0.15) is 0 Å². The van der Waals surface area contributed by atoms with Crippen molar-refractivity contribution in [2.45, 2.75) is 52.1 Å². The molecular weight excluding hydrogens is 404 g/mol. The third kappa shape index (κ3) is 7.41. The summed E-state index contributed by atoms with van der Waals surface area (Å²) in [5, 5.41) is 3.61. The second-order valence-electron chi connectivity index (χ2n) is 7.43. The van der Waals surface area contributed by atoms with E-state index in [0.717, 1.165) is 16.7 Å². The minimum Gasteiger partial charge on any atom is -0.352 e. The van der Waals surface area contributed by atoms with Crippen LogP contribution >= 0.6 is 23.4 Å². The molecule has 4 nitrogen and oxygen atoms in total. The van der Waals surface area contributed by atoms with E-state index >= 15 is 0 Å². The fourth-order valence-electron chi connectivity index (χ4n) is 2.94. The van der Waals surface area contributed by atoms with Gasteiger partial charge < -0.3 is 10.2 Å². The molecule has 29 heavy (non-hydrogen) atoms. The highest BCUT2D eigenvalue weighted by Crippen LogP contribution is 2.21. The van der Waals surface area contributed by atoms with Crippen molar-refractivity contribution in [1.82, 2.24) is 10.2 Å². The Labute approximate surface area is 183 Å². The first-order chi connectivity index (χ1) is 13.8. The van der Waals surface area contributed by atoms with Crippen molar-refractivity contribution in [2.24, 2.45) is 0 Å². The first-order valence-electron chi connectivity index (χ1n) is 9.74. The molecule has 0 bridgehead atoms. The van der Waals surface area contributed by atoms with E-state index in [2.05, 4.69) is 5.32 Å². The number of aryl methyl sites for hydroxylation is 1. The Balaban J connectivity index is 2.09. The molecule has 0 radical (unpaired) electrons. The van der Waals surface area contributed by atoms with Crippen LogP contribution in [0.1, 0.15) is 37.5 Å². The summed E-state index contributed by atoms with van der Waals surface area (Å²) in [5.41, 5.74) is 3.14. The van der Waals surface area contributed by atoms with Crippen molar-refractivity contribution in [3.8, 4) is 0 Å². The van der Waals surface area contributed by atoms with Gasteiger partial charge in [-0.25, -0.2) is 0 Å². The SMILES string of the molecule is Cc1cccc(CN(C(=O)CSCc2ccccc2Cl)[C@H](C)C(=O)NC(C)C)c1. The number of halogens is 1. The summed E-state index contributed by atoms with van der Waals surface area (Å²) in [6, 6.07) is 15.1. The van der Waals surface area contributed by atoms with Crippen LogP contribution in [0.5, 0.6) is 0 Å². The summed E-state index contributed by atoms with van der Waals surface area (Å²) in [6.07, 6.45) is 0. The predicted octanol–water partition coefficient (Wildman–Crippen LogP) is 4.82. The number of thioether (sulfide) groups is 1. The van der Waals surface area contributed by atoms with Crippen molar-refractivity contribution in [2.75, 3.05) is 5.75 Å². The lowest BCUT2D eigenvalue weighted by atomic mass is 10.1. The van der Waals surface area contributed by atoms with Crippen LogP contribution in [0.15, 0.2) is 48.5 Å². The zero-order valence-corrected chi connectivity index (χ0v) is 19.0. The first kappa shape index (κ1) is 23.3. The minimum absolute atomic E-state index is 0.0236. The van der Waals surface area contributed by atoms with Crippen LogP contribution in [0, 0.1) is 6.92 Å². The normalized spacial score (nSPS) is 11.9.